The fraction of sp³-hybridized carbons (Fsp3) is 0.375. The van der Waals surface area contributed by atoms with Crippen molar-refractivity contribution in [2.45, 2.75) is 70.5 Å². The largest absolute Gasteiger partial charge is 0.484 e. The van der Waals surface area contributed by atoms with Gasteiger partial charge in [-0.05, 0) is 59.7 Å². The molecule has 1 fully saturated rings. The molecule has 1 aliphatic rings. The molecule has 206 valence electrons. The maximum Gasteiger partial charge on any atom is 0.261 e. The van der Waals surface area contributed by atoms with Crippen molar-refractivity contribution in [3.63, 3.8) is 0 Å². The predicted molar refractivity (Wildman–Crippen MR) is 157 cm³/mol. The minimum Gasteiger partial charge on any atom is -0.484 e. The Kier molecular flexibility index (Phi) is 10.3. The van der Waals surface area contributed by atoms with Gasteiger partial charge in [0.1, 0.15) is 11.8 Å². The SMILES string of the molecule is CC(C)c1ccc(OCC(=O)N(Cc2ccc(Cl)c(Cl)c2)[C@@H](Cc2ccccc2)C(=O)NC2CCCC2)cc1. The molecule has 0 spiro atoms. The normalized spacial score (nSPS) is 14.3. The van der Waals surface area contributed by atoms with Gasteiger partial charge < -0.3 is 15.0 Å². The van der Waals surface area contributed by atoms with Crippen molar-refractivity contribution < 1.29 is 14.3 Å². The number of hydrogen-bond donors (Lipinski definition) is 1. The molecule has 1 atom stereocenters. The highest BCUT2D eigenvalue weighted by atomic mass is 35.5. The fourth-order valence-electron chi connectivity index (χ4n) is 4.93. The van der Waals surface area contributed by atoms with E-state index in [1.165, 1.54) is 5.56 Å². The van der Waals surface area contributed by atoms with Crippen molar-refractivity contribution >= 4 is 35.0 Å². The molecule has 1 N–H and O–H groups in total. The Labute approximate surface area is 241 Å². The molecule has 0 aromatic heterocycles. The zero-order chi connectivity index (χ0) is 27.8. The van der Waals surface area contributed by atoms with Crippen LogP contribution in [0.25, 0.3) is 0 Å². The van der Waals surface area contributed by atoms with Gasteiger partial charge in [-0.3, -0.25) is 9.59 Å². The Hall–Kier alpha value is -3.02. The lowest BCUT2D eigenvalue weighted by Gasteiger charge is -2.32. The molecule has 1 saturated carbocycles. The number of nitrogens with zero attached hydrogens (tertiary/aromatic N) is 1. The van der Waals surface area contributed by atoms with Crippen LogP contribution in [0.5, 0.6) is 5.75 Å². The van der Waals surface area contributed by atoms with E-state index < -0.39 is 6.04 Å². The third-order valence-corrected chi connectivity index (χ3v) is 7.96. The van der Waals surface area contributed by atoms with Gasteiger partial charge in [0, 0.05) is 19.0 Å². The van der Waals surface area contributed by atoms with Crippen molar-refractivity contribution in [3.05, 3.63) is 99.5 Å². The molecule has 0 bridgehead atoms. The molecule has 0 saturated heterocycles. The zero-order valence-corrected chi connectivity index (χ0v) is 24.0. The Morgan fingerprint density at radius 3 is 2.26 bits per heavy atom. The van der Waals surface area contributed by atoms with Gasteiger partial charge in [-0.1, -0.05) is 98.4 Å². The van der Waals surface area contributed by atoms with E-state index in [4.69, 9.17) is 27.9 Å². The van der Waals surface area contributed by atoms with Gasteiger partial charge >= 0.3 is 0 Å². The lowest BCUT2D eigenvalue weighted by Crippen LogP contribution is -2.53. The maximum atomic E-state index is 13.8. The second-order valence-corrected chi connectivity index (χ2v) is 11.3. The number of carbonyl (C=O) groups excluding carboxylic acids is 2. The smallest absolute Gasteiger partial charge is 0.261 e. The number of carbonyl (C=O) groups is 2. The van der Waals surface area contributed by atoms with Crippen LogP contribution in [0.3, 0.4) is 0 Å². The summed E-state index contributed by atoms with van der Waals surface area (Å²) < 4.78 is 5.91. The first-order valence-electron chi connectivity index (χ1n) is 13.6. The average molecular weight is 568 g/mol. The van der Waals surface area contributed by atoms with Crippen LogP contribution in [-0.2, 0) is 22.6 Å². The van der Waals surface area contributed by atoms with E-state index in [0.29, 0.717) is 28.1 Å². The number of benzene rings is 3. The summed E-state index contributed by atoms with van der Waals surface area (Å²) in [5.41, 5.74) is 2.95. The van der Waals surface area contributed by atoms with E-state index >= 15 is 0 Å². The zero-order valence-electron chi connectivity index (χ0n) is 22.5. The minimum absolute atomic E-state index is 0.133. The van der Waals surface area contributed by atoms with Gasteiger partial charge in [0.25, 0.3) is 5.91 Å². The van der Waals surface area contributed by atoms with Crippen LogP contribution in [0.15, 0.2) is 72.8 Å². The van der Waals surface area contributed by atoms with Crippen molar-refractivity contribution in [2.24, 2.45) is 0 Å². The third-order valence-electron chi connectivity index (χ3n) is 7.22. The maximum absolute atomic E-state index is 13.8. The molecule has 3 aromatic rings. The Morgan fingerprint density at radius 2 is 1.62 bits per heavy atom. The summed E-state index contributed by atoms with van der Waals surface area (Å²) in [5.74, 6) is 0.578. The highest BCUT2D eigenvalue weighted by Crippen LogP contribution is 2.25. The number of halogens is 2. The van der Waals surface area contributed by atoms with Gasteiger partial charge in [0.2, 0.25) is 5.91 Å². The van der Waals surface area contributed by atoms with Crippen LogP contribution >= 0.6 is 23.2 Å². The van der Waals surface area contributed by atoms with E-state index in [1.807, 2.05) is 60.7 Å². The molecular formula is C32H36Cl2N2O3. The molecule has 0 unspecified atom stereocenters. The quantitative estimate of drug-likeness (QED) is 0.267. The first-order chi connectivity index (χ1) is 18.8. The molecule has 0 radical (unpaired) electrons. The van der Waals surface area contributed by atoms with Crippen LogP contribution in [-0.4, -0.2) is 35.4 Å². The highest BCUT2D eigenvalue weighted by molar-refractivity contribution is 6.42. The molecule has 2 amide bonds. The molecule has 0 heterocycles. The molecule has 0 aliphatic heterocycles. The third kappa shape index (κ3) is 8.23. The van der Waals surface area contributed by atoms with E-state index in [9.17, 15) is 9.59 Å². The van der Waals surface area contributed by atoms with Crippen molar-refractivity contribution in [1.29, 1.82) is 0 Å². The molecule has 39 heavy (non-hydrogen) atoms. The van der Waals surface area contributed by atoms with E-state index in [-0.39, 0.29) is 31.0 Å². The van der Waals surface area contributed by atoms with Crippen LogP contribution in [0.1, 0.15) is 62.1 Å². The van der Waals surface area contributed by atoms with Crippen LogP contribution in [0, 0.1) is 0 Å². The Morgan fingerprint density at radius 1 is 0.923 bits per heavy atom. The monoisotopic (exact) mass is 566 g/mol. The number of rotatable bonds is 11. The summed E-state index contributed by atoms with van der Waals surface area (Å²) in [5, 5.41) is 4.05. The van der Waals surface area contributed by atoms with E-state index in [0.717, 1.165) is 36.8 Å². The van der Waals surface area contributed by atoms with Crippen molar-refractivity contribution in [3.8, 4) is 5.75 Å². The lowest BCUT2D eigenvalue weighted by molar-refractivity contribution is -0.143. The fourth-order valence-corrected chi connectivity index (χ4v) is 5.25. The molecule has 1 aliphatic carbocycles. The Bertz CT molecular complexity index is 1240. The molecule has 7 heteroatoms. The van der Waals surface area contributed by atoms with Crippen LogP contribution in [0.2, 0.25) is 10.0 Å². The minimum atomic E-state index is -0.720. The molecule has 4 rings (SSSR count). The topological polar surface area (TPSA) is 58.6 Å². The van der Waals surface area contributed by atoms with E-state index in [1.54, 1.807) is 17.0 Å². The number of hydrogen-bond acceptors (Lipinski definition) is 3. The summed E-state index contributed by atoms with van der Waals surface area (Å²) >= 11 is 12.4. The lowest BCUT2D eigenvalue weighted by atomic mass is 10.0. The average Bonchev–Trinajstić information content (AvgIpc) is 3.45. The number of amides is 2. The molecule has 3 aromatic carbocycles. The van der Waals surface area contributed by atoms with Crippen molar-refractivity contribution in [2.75, 3.05) is 6.61 Å². The summed E-state index contributed by atoms with van der Waals surface area (Å²) in [6, 6.07) is 22.2. The highest BCUT2D eigenvalue weighted by Gasteiger charge is 2.32. The van der Waals surface area contributed by atoms with Gasteiger partial charge in [-0.15, -0.1) is 0 Å². The Balaban J connectivity index is 1.60. The van der Waals surface area contributed by atoms with Gasteiger partial charge in [-0.2, -0.15) is 0 Å². The second-order valence-electron chi connectivity index (χ2n) is 10.5. The van der Waals surface area contributed by atoms with Gasteiger partial charge in [0.15, 0.2) is 6.61 Å². The summed E-state index contributed by atoms with van der Waals surface area (Å²) in [6.45, 7) is 4.26. The van der Waals surface area contributed by atoms with Gasteiger partial charge in [-0.25, -0.2) is 0 Å². The molecular weight excluding hydrogens is 531 g/mol. The first kappa shape index (κ1) is 29.0. The summed E-state index contributed by atoms with van der Waals surface area (Å²) in [6.07, 6.45) is 4.50. The summed E-state index contributed by atoms with van der Waals surface area (Å²) in [7, 11) is 0. The molecule has 5 nitrogen and oxygen atoms in total. The van der Waals surface area contributed by atoms with Crippen molar-refractivity contribution in [1.82, 2.24) is 10.2 Å². The number of ether oxygens (including phenoxy) is 1. The second kappa shape index (κ2) is 13.9. The standard InChI is InChI=1S/C32H36Cl2N2O3/c1-22(2)25-13-15-27(16-14-25)39-21-31(37)36(20-24-12-17-28(33)29(34)18-24)30(19-23-8-4-3-5-9-23)32(38)35-26-10-6-7-11-26/h3-5,8-9,12-18,22,26,30H,6-7,10-11,19-21H2,1-2H3,(H,35,38)/t30-/m0/s1. The van der Waals surface area contributed by atoms with Gasteiger partial charge in [0.05, 0.1) is 10.0 Å². The predicted octanol–water partition coefficient (Wildman–Crippen LogP) is 7.19. The van der Waals surface area contributed by atoms with Crippen LogP contribution in [0.4, 0.5) is 0 Å². The number of nitrogens with one attached hydrogen (secondary N) is 1. The summed E-state index contributed by atoms with van der Waals surface area (Å²) in [4.78, 5) is 29.1. The first-order valence-corrected chi connectivity index (χ1v) is 14.4. The van der Waals surface area contributed by atoms with Crippen LogP contribution < -0.4 is 10.1 Å². The van der Waals surface area contributed by atoms with E-state index in [2.05, 4.69) is 19.2 Å².